The van der Waals surface area contributed by atoms with Crippen molar-refractivity contribution >= 4 is 11.8 Å². The summed E-state index contributed by atoms with van der Waals surface area (Å²) in [6, 6.07) is 36.2. The van der Waals surface area contributed by atoms with E-state index in [4.69, 9.17) is 0 Å². The van der Waals surface area contributed by atoms with Gasteiger partial charge in [0.15, 0.2) is 0 Å². The average Bonchev–Trinajstić information content (AvgIpc) is 2.89. The highest BCUT2D eigenvalue weighted by molar-refractivity contribution is 5.98. The maximum atomic E-state index is 13.2. The lowest BCUT2D eigenvalue weighted by Crippen LogP contribution is -2.49. The van der Waals surface area contributed by atoms with Gasteiger partial charge in [0.25, 0.3) is 5.91 Å². The van der Waals surface area contributed by atoms with Gasteiger partial charge in [0.1, 0.15) is 6.04 Å². The Morgan fingerprint density at radius 1 is 0.606 bits per heavy atom. The highest BCUT2D eigenvalue weighted by Gasteiger charge is 2.32. The van der Waals surface area contributed by atoms with Crippen molar-refractivity contribution < 1.29 is 9.59 Å². The molecule has 1 atom stereocenters. The molecule has 4 heteroatoms. The molecule has 0 aliphatic carbocycles. The van der Waals surface area contributed by atoms with E-state index in [1.807, 2.05) is 103 Å². The minimum absolute atomic E-state index is 0.248. The van der Waals surface area contributed by atoms with Gasteiger partial charge >= 0.3 is 0 Å². The first-order valence-corrected chi connectivity index (χ1v) is 10.9. The van der Waals surface area contributed by atoms with Gasteiger partial charge in [-0.3, -0.25) is 9.59 Å². The molecule has 0 radical (unpaired) electrons. The van der Waals surface area contributed by atoms with Crippen molar-refractivity contribution in [3.63, 3.8) is 0 Å². The number of hydrogen-bond acceptors (Lipinski definition) is 2. The molecule has 4 rings (SSSR count). The van der Waals surface area contributed by atoms with Crippen LogP contribution in [0, 0.1) is 0 Å². The second-order valence-corrected chi connectivity index (χ2v) is 7.81. The van der Waals surface area contributed by atoms with Crippen molar-refractivity contribution in [3.05, 3.63) is 132 Å². The second-order valence-electron chi connectivity index (χ2n) is 7.81. The SMILES string of the molecule is CNC(=O)C(NC(=O)c1ccc(-c2ccccc2)cc1)C(c1ccccc1)c1ccccc1. The largest absolute Gasteiger partial charge is 0.357 e. The Morgan fingerprint density at radius 2 is 1.06 bits per heavy atom. The van der Waals surface area contributed by atoms with Gasteiger partial charge in [-0.25, -0.2) is 0 Å². The fourth-order valence-electron chi connectivity index (χ4n) is 4.02. The maximum Gasteiger partial charge on any atom is 0.251 e. The molecule has 0 fully saturated rings. The topological polar surface area (TPSA) is 58.2 Å². The van der Waals surface area contributed by atoms with Gasteiger partial charge in [0.2, 0.25) is 5.91 Å². The summed E-state index contributed by atoms with van der Waals surface area (Å²) in [5.41, 5.74) is 4.53. The first kappa shape index (κ1) is 22.0. The van der Waals surface area contributed by atoms with Crippen LogP contribution >= 0.6 is 0 Å². The maximum absolute atomic E-state index is 13.2. The molecule has 0 aliphatic rings. The summed E-state index contributed by atoms with van der Waals surface area (Å²) in [7, 11) is 1.59. The van der Waals surface area contributed by atoms with Crippen LogP contribution in [0.15, 0.2) is 115 Å². The van der Waals surface area contributed by atoms with Crippen LogP contribution in [0.5, 0.6) is 0 Å². The van der Waals surface area contributed by atoms with Gasteiger partial charge in [-0.05, 0) is 34.4 Å². The number of hydrogen-bond donors (Lipinski definition) is 2. The summed E-state index contributed by atoms with van der Waals surface area (Å²) in [5, 5.41) is 5.71. The van der Waals surface area contributed by atoms with Crippen molar-refractivity contribution in [1.29, 1.82) is 0 Å². The van der Waals surface area contributed by atoms with E-state index in [0.717, 1.165) is 22.3 Å². The molecule has 0 heterocycles. The summed E-state index contributed by atoms with van der Waals surface area (Å²) in [5.74, 6) is -0.873. The number of benzene rings is 4. The Bertz CT molecular complexity index is 1150. The monoisotopic (exact) mass is 434 g/mol. The summed E-state index contributed by atoms with van der Waals surface area (Å²) < 4.78 is 0. The number of likely N-dealkylation sites (N-methyl/N-ethyl adjacent to an activating group) is 1. The molecule has 4 nitrogen and oxygen atoms in total. The smallest absolute Gasteiger partial charge is 0.251 e. The first-order valence-electron chi connectivity index (χ1n) is 10.9. The lowest BCUT2D eigenvalue weighted by molar-refractivity contribution is -0.122. The fraction of sp³-hybridized carbons (Fsp3) is 0.103. The zero-order chi connectivity index (χ0) is 23.0. The highest BCUT2D eigenvalue weighted by Crippen LogP contribution is 2.29. The molecule has 0 aromatic heterocycles. The van der Waals surface area contributed by atoms with Crippen LogP contribution in [-0.2, 0) is 4.79 Å². The molecular formula is C29H26N2O2. The molecular weight excluding hydrogens is 408 g/mol. The average molecular weight is 435 g/mol. The number of carbonyl (C=O) groups is 2. The van der Waals surface area contributed by atoms with Crippen LogP contribution in [0.2, 0.25) is 0 Å². The van der Waals surface area contributed by atoms with E-state index in [1.54, 1.807) is 19.2 Å². The summed E-state index contributed by atoms with van der Waals surface area (Å²) in [4.78, 5) is 26.2. The molecule has 2 N–H and O–H groups in total. The Kier molecular flexibility index (Phi) is 6.96. The van der Waals surface area contributed by atoms with Crippen LogP contribution in [-0.4, -0.2) is 24.9 Å². The highest BCUT2D eigenvalue weighted by atomic mass is 16.2. The van der Waals surface area contributed by atoms with Crippen LogP contribution in [0.25, 0.3) is 11.1 Å². The third-order valence-corrected chi connectivity index (χ3v) is 5.72. The molecule has 0 saturated carbocycles. The molecule has 4 aromatic carbocycles. The third-order valence-electron chi connectivity index (χ3n) is 5.72. The van der Waals surface area contributed by atoms with E-state index in [1.165, 1.54) is 0 Å². The molecule has 0 spiro atoms. The lowest BCUT2D eigenvalue weighted by Gasteiger charge is -2.28. The van der Waals surface area contributed by atoms with Gasteiger partial charge in [-0.15, -0.1) is 0 Å². The van der Waals surface area contributed by atoms with Gasteiger partial charge in [0, 0.05) is 18.5 Å². The predicted octanol–water partition coefficient (Wildman–Crippen LogP) is 5.03. The molecule has 2 amide bonds. The molecule has 0 aliphatic heterocycles. The quantitative estimate of drug-likeness (QED) is 0.429. The molecule has 4 aromatic rings. The Morgan fingerprint density at radius 3 is 1.55 bits per heavy atom. The van der Waals surface area contributed by atoms with Gasteiger partial charge in [-0.1, -0.05) is 103 Å². The molecule has 1 unspecified atom stereocenters. The summed E-state index contributed by atoms with van der Waals surface area (Å²) >= 11 is 0. The van der Waals surface area contributed by atoms with Crippen LogP contribution in [0.4, 0.5) is 0 Å². The van der Waals surface area contributed by atoms with E-state index in [2.05, 4.69) is 10.6 Å². The van der Waals surface area contributed by atoms with Gasteiger partial charge in [-0.2, -0.15) is 0 Å². The zero-order valence-electron chi connectivity index (χ0n) is 18.4. The summed E-state index contributed by atoms with van der Waals surface area (Å²) in [6.07, 6.45) is 0. The third kappa shape index (κ3) is 5.18. The Labute approximate surface area is 194 Å². The Hall–Kier alpha value is -4.18. The number of amides is 2. The van der Waals surface area contributed by atoms with Crippen molar-refractivity contribution in [3.8, 4) is 11.1 Å². The summed E-state index contributed by atoms with van der Waals surface area (Å²) in [6.45, 7) is 0. The predicted molar refractivity (Wildman–Crippen MR) is 132 cm³/mol. The van der Waals surface area contributed by atoms with E-state index in [0.29, 0.717) is 5.56 Å². The Balaban J connectivity index is 1.64. The van der Waals surface area contributed by atoms with Crippen LogP contribution < -0.4 is 10.6 Å². The molecule has 0 saturated heterocycles. The first-order chi connectivity index (χ1) is 16.2. The van der Waals surface area contributed by atoms with Crippen molar-refractivity contribution in [2.24, 2.45) is 0 Å². The van der Waals surface area contributed by atoms with Crippen molar-refractivity contribution in [2.45, 2.75) is 12.0 Å². The minimum Gasteiger partial charge on any atom is -0.357 e. The van der Waals surface area contributed by atoms with Crippen molar-refractivity contribution in [1.82, 2.24) is 10.6 Å². The molecule has 0 bridgehead atoms. The van der Waals surface area contributed by atoms with Gasteiger partial charge in [0.05, 0.1) is 0 Å². The van der Waals surface area contributed by atoms with Crippen molar-refractivity contribution in [2.75, 3.05) is 7.05 Å². The van der Waals surface area contributed by atoms with Crippen LogP contribution in [0.3, 0.4) is 0 Å². The van der Waals surface area contributed by atoms with E-state index < -0.39 is 6.04 Å². The zero-order valence-corrected chi connectivity index (χ0v) is 18.4. The van der Waals surface area contributed by atoms with E-state index in [-0.39, 0.29) is 17.7 Å². The standard InChI is InChI=1S/C29H26N2O2/c1-30-29(33)27(26(23-13-7-3-8-14-23)24-15-9-4-10-16-24)31-28(32)25-19-17-22(18-20-25)21-11-5-2-6-12-21/h2-20,26-27H,1H3,(H,30,33)(H,31,32). The van der Waals surface area contributed by atoms with E-state index >= 15 is 0 Å². The fourth-order valence-corrected chi connectivity index (χ4v) is 4.02. The minimum atomic E-state index is -0.777. The lowest BCUT2D eigenvalue weighted by atomic mass is 9.84. The van der Waals surface area contributed by atoms with Crippen LogP contribution in [0.1, 0.15) is 27.4 Å². The van der Waals surface area contributed by atoms with Gasteiger partial charge < -0.3 is 10.6 Å². The van der Waals surface area contributed by atoms with E-state index in [9.17, 15) is 9.59 Å². The normalized spacial score (nSPS) is 11.6. The molecule has 33 heavy (non-hydrogen) atoms. The molecule has 164 valence electrons. The number of rotatable bonds is 7. The number of nitrogens with one attached hydrogen (secondary N) is 2. The number of carbonyl (C=O) groups excluding carboxylic acids is 2. The second kappa shape index (κ2) is 10.4.